The first-order valence-corrected chi connectivity index (χ1v) is 12.5. The van der Waals surface area contributed by atoms with Crippen molar-refractivity contribution in [3.63, 3.8) is 0 Å². The molecular weight excluding hydrogens is 526 g/mol. The molecule has 0 aliphatic carbocycles. The molecular formula is C26H19ClF2N2O5S. The highest BCUT2D eigenvalue weighted by Crippen LogP contribution is 2.30. The number of methoxy groups -OCH3 is 1. The fourth-order valence-electron chi connectivity index (χ4n) is 3.26. The molecule has 0 atom stereocenters. The first-order valence-electron chi connectivity index (χ1n) is 10.7. The van der Waals surface area contributed by atoms with Crippen LogP contribution >= 0.6 is 11.6 Å². The zero-order valence-electron chi connectivity index (χ0n) is 19.2. The van der Waals surface area contributed by atoms with E-state index in [0.717, 1.165) is 12.1 Å². The first kappa shape index (κ1) is 25.9. The highest BCUT2D eigenvalue weighted by molar-refractivity contribution is 7.92. The van der Waals surface area contributed by atoms with Gasteiger partial charge < -0.3 is 14.8 Å². The van der Waals surface area contributed by atoms with Crippen LogP contribution in [0.2, 0.25) is 5.02 Å². The van der Waals surface area contributed by atoms with Gasteiger partial charge in [0.15, 0.2) is 11.6 Å². The second-order valence-electron chi connectivity index (χ2n) is 7.64. The molecule has 0 saturated heterocycles. The normalized spacial score (nSPS) is 11.0. The van der Waals surface area contributed by atoms with Gasteiger partial charge in [-0.15, -0.1) is 0 Å². The van der Waals surface area contributed by atoms with Crippen LogP contribution in [0.4, 0.5) is 25.8 Å². The maximum Gasteiger partial charge on any atom is 0.340 e. The fraction of sp³-hybridized carbons (Fsp3) is 0.0385. The Balaban J connectivity index is 1.52. The third-order valence-corrected chi connectivity index (χ3v) is 6.71. The van der Waals surface area contributed by atoms with E-state index in [1.807, 2.05) is 0 Å². The molecule has 0 bridgehead atoms. The van der Waals surface area contributed by atoms with E-state index in [2.05, 4.69) is 10.0 Å². The molecule has 0 spiro atoms. The largest absolute Gasteiger partial charge is 0.465 e. The summed E-state index contributed by atoms with van der Waals surface area (Å²) >= 11 is 5.83. The summed E-state index contributed by atoms with van der Waals surface area (Å²) in [6.45, 7) is 0. The number of esters is 1. The second-order valence-corrected chi connectivity index (χ2v) is 9.76. The molecule has 7 nitrogen and oxygen atoms in total. The van der Waals surface area contributed by atoms with Crippen LogP contribution in [0.3, 0.4) is 0 Å². The summed E-state index contributed by atoms with van der Waals surface area (Å²) in [6.07, 6.45) is 0. The number of ether oxygens (including phenoxy) is 2. The SMILES string of the molecule is COC(=O)c1cc(Oc2ccc(S(=O)(=O)Nc3ccc(Cl)cc3)cc2)ccc1Nc1ccc(F)c(F)c1. The molecule has 4 aromatic carbocycles. The molecule has 0 saturated carbocycles. The van der Waals surface area contributed by atoms with Gasteiger partial charge in [0.1, 0.15) is 11.5 Å². The van der Waals surface area contributed by atoms with Crippen LogP contribution in [0.1, 0.15) is 10.4 Å². The van der Waals surface area contributed by atoms with Crippen LogP contribution in [0.15, 0.2) is 89.8 Å². The number of hydrogen-bond donors (Lipinski definition) is 2. The standard InChI is InChI=1S/C26H19ClF2N2O5S/c1-35-26(32)22-15-20(9-13-25(22)30-18-6-12-23(28)24(29)14-18)36-19-7-10-21(11-8-19)37(33,34)31-17-4-2-16(27)3-5-17/h2-15,30-31H,1H3. The quantitative estimate of drug-likeness (QED) is 0.239. The molecule has 0 fully saturated rings. The molecule has 4 aromatic rings. The van der Waals surface area contributed by atoms with Gasteiger partial charge in [-0.3, -0.25) is 4.72 Å². The van der Waals surface area contributed by atoms with Crippen LogP contribution in [0.25, 0.3) is 0 Å². The van der Waals surface area contributed by atoms with Crippen molar-refractivity contribution in [2.45, 2.75) is 4.90 Å². The first-order chi connectivity index (χ1) is 17.6. The summed E-state index contributed by atoms with van der Waals surface area (Å²) in [4.78, 5) is 12.4. The minimum Gasteiger partial charge on any atom is -0.465 e. The lowest BCUT2D eigenvalue weighted by molar-refractivity contribution is 0.0601. The molecule has 0 aromatic heterocycles. The van der Waals surface area contributed by atoms with Gasteiger partial charge in [-0.25, -0.2) is 22.0 Å². The van der Waals surface area contributed by atoms with Gasteiger partial charge in [0.05, 0.1) is 23.3 Å². The topological polar surface area (TPSA) is 93.7 Å². The van der Waals surface area contributed by atoms with E-state index in [0.29, 0.717) is 16.5 Å². The molecule has 11 heteroatoms. The van der Waals surface area contributed by atoms with Crippen LogP contribution in [-0.4, -0.2) is 21.5 Å². The lowest BCUT2D eigenvalue weighted by Crippen LogP contribution is -2.12. The van der Waals surface area contributed by atoms with Gasteiger partial charge in [0.2, 0.25) is 0 Å². The molecule has 2 N–H and O–H groups in total. The van der Waals surface area contributed by atoms with Crippen molar-refractivity contribution in [2.24, 2.45) is 0 Å². The number of halogens is 3. The molecule has 0 aliphatic rings. The van der Waals surface area contributed by atoms with Crippen LogP contribution < -0.4 is 14.8 Å². The Labute approximate surface area is 216 Å². The van der Waals surface area contributed by atoms with Crippen LogP contribution in [0.5, 0.6) is 11.5 Å². The number of carbonyl (C=O) groups excluding carboxylic acids is 1. The van der Waals surface area contributed by atoms with Crippen molar-refractivity contribution < 1.29 is 31.5 Å². The maximum atomic E-state index is 13.6. The Hall–Kier alpha value is -4.15. The molecule has 0 heterocycles. The average Bonchev–Trinajstić information content (AvgIpc) is 2.88. The third kappa shape index (κ3) is 6.35. The number of nitrogens with one attached hydrogen (secondary N) is 2. The molecule has 0 radical (unpaired) electrons. The number of carbonyl (C=O) groups is 1. The smallest absolute Gasteiger partial charge is 0.340 e. The minimum absolute atomic E-state index is 0.0103. The number of hydrogen-bond acceptors (Lipinski definition) is 6. The summed E-state index contributed by atoms with van der Waals surface area (Å²) < 4.78 is 65.1. The van der Waals surface area contributed by atoms with E-state index in [4.69, 9.17) is 21.1 Å². The maximum absolute atomic E-state index is 13.6. The summed E-state index contributed by atoms with van der Waals surface area (Å²) in [5.74, 6) is -2.17. The van der Waals surface area contributed by atoms with E-state index in [1.165, 1.54) is 49.6 Å². The Morgan fingerprint density at radius 3 is 2.11 bits per heavy atom. The van der Waals surface area contributed by atoms with Crippen molar-refractivity contribution >= 4 is 44.7 Å². The Morgan fingerprint density at radius 2 is 1.46 bits per heavy atom. The lowest BCUT2D eigenvalue weighted by Gasteiger charge is -2.14. The monoisotopic (exact) mass is 544 g/mol. The van der Waals surface area contributed by atoms with E-state index in [-0.39, 0.29) is 27.6 Å². The molecule has 0 unspecified atom stereocenters. The summed E-state index contributed by atoms with van der Waals surface area (Å²) in [5.41, 5.74) is 0.940. The Bertz CT molecular complexity index is 1550. The van der Waals surface area contributed by atoms with Crippen molar-refractivity contribution in [2.75, 3.05) is 17.1 Å². The molecule has 190 valence electrons. The van der Waals surface area contributed by atoms with Gasteiger partial charge in [-0.05, 0) is 78.9 Å². The number of anilines is 3. The Morgan fingerprint density at radius 1 is 0.811 bits per heavy atom. The zero-order valence-corrected chi connectivity index (χ0v) is 20.7. The number of sulfonamides is 1. The van der Waals surface area contributed by atoms with E-state index >= 15 is 0 Å². The van der Waals surface area contributed by atoms with Gasteiger partial charge in [-0.2, -0.15) is 0 Å². The molecule has 0 amide bonds. The van der Waals surface area contributed by atoms with E-state index in [1.54, 1.807) is 30.3 Å². The summed E-state index contributed by atoms with van der Waals surface area (Å²) in [5, 5.41) is 3.33. The predicted molar refractivity (Wildman–Crippen MR) is 136 cm³/mol. The summed E-state index contributed by atoms with van der Waals surface area (Å²) in [6, 6.07) is 19.6. The van der Waals surface area contributed by atoms with Gasteiger partial charge in [-0.1, -0.05) is 11.6 Å². The number of rotatable bonds is 8. The third-order valence-electron chi connectivity index (χ3n) is 5.06. The van der Waals surface area contributed by atoms with Crippen molar-refractivity contribution in [1.82, 2.24) is 0 Å². The van der Waals surface area contributed by atoms with Crippen molar-refractivity contribution in [1.29, 1.82) is 0 Å². The van der Waals surface area contributed by atoms with E-state index in [9.17, 15) is 22.0 Å². The highest BCUT2D eigenvalue weighted by Gasteiger charge is 2.17. The second kappa shape index (κ2) is 10.9. The zero-order chi connectivity index (χ0) is 26.6. The molecule has 0 aliphatic heterocycles. The van der Waals surface area contributed by atoms with Crippen LogP contribution in [0, 0.1) is 11.6 Å². The fourth-order valence-corrected chi connectivity index (χ4v) is 4.44. The minimum atomic E-state index is -3.85. The lowest BCUT2D eigenvalue weighted by atomic mass is 10.1. The van der Waals surface area contributed by atoms with Crippen molar-refractivity contribution in [3.8, 4) is 11.5 Å². The van der Waals surface area contributed by atoms with Crippen LogP contribution in [-0.2, 0) is 14.8 Å². The Kier molecular flexibility index (Phi) is 7.61. The number of benzene rings is 4. The average molecular weight is 545 g/mol. The van der Waals surface area contributed by atoms with E-state index < -0.39 is 27.6 Å². The van der Waals surface area contributed by atoms with Gasteiger partial charge >= 0.3 is 5.97 Å². The van der Waals surface area contributed by atoms with Gasteiger partial charge in [0.25, 0.3) is 10.0 Å². The highest BCUT2D eigenvalue weighted by atomic mass is 35.5. The van der Waals surface area contributed by atoms with Crippen molar-refractivity contribution in [3.05, 3.63) is 107 Å². The predicted octanol–water partition coefficient (Wildman–Crippen LogP) is 6.74. The summed E-state index contributed by atoms with van der Waals surface area (Å²) in [7, 11) is -2.64. The molecule has 4 rings (SSSR count). The van der Waals surface area contributed by atoms with Gasteiger partial charge in [0, 0.05) is 22.5 Å². The molecule has 37 heavy (non-hydrogen) atoms.